The van der Waals surface area contributed by atoms with E-state index in [1.165, 1.54) is 16.7 Å². The number of hydrogen-bond acceptors (Lipinski definition) is 4. The third-order valence-electron chi connectivity index (χ3n) is 6.42. The average molecular weight is 565 g/mol. The lowest BCUT2D eigenvalue weighted by Gasteiger charge is -2.34. The number of nitrogens with one attached hydrogen (secondary N) is 2. The van der Waals surface area contributed by atoms with Crippen molar-refractivity contribution in [3.05, 3.63) is 64.7 Å². The standard InChI is InChI=1S/C26H36N4O2.HI/c1-19-8-9-22(25(14-19)32-24-11-13-31-18-24)16-29-26(27-3)28-15-20(2)30-12-10-21-6-4-5-7-23(21)17-30;/h4-9,14,20,24H,10-13,15-18H2,1-3H3,(H2,27,28,29);1H. The molecule has 2 atom stereocenters. The molecular formula is C26H37IN4O2. The van der Waals surface area contributed by atoms with E-state index in [9.17, 15) is 0 Å². The van der Waals surface area contributed by atoms with E-state index in [0.29, 0.717) is 19.2 Å². The number of aryl methyl sites for hydroxylation is 1. The van der Waals surface area contributed by atoms with Gasteiger partial charge in [0.25, 0.3) is 0 Å². The molecule has 180 valence electrons. The van der Waals surface area contributed by atoms with Gasteiger partial charge in [-0.15, -0.1) is 24.0 Å². The molecule has 2 unspecified atom stereocenters. The molecule has 0 amide bonds. The molecule has 1 saturated heterocycles. The maximum absolute atomic E-state index is 6.23. The Labute approximate surface area is 215 Å². The molecule has 2 aromatic rings. The van der Waals surface area contributed by atoms with Crippen molar-refractivity contribution in [1.29, 1.82) is 0 Å². The number of nitrogens with zero attached hydrogens (tertiary/aromatic N) is 2. The van der Waals surface area contributed by atoms with Gasteiger partial charge in [0, 0.05) is 51.3 Å². The summed E-state index contributed by atoms with van der Waals surface area (Å²) in [6.07, 6.45) is 2.21. The monoisotopic (exact) mass is 564 g/mol. The van der Waals surface area contributed by atoms with Crippen LogP contribution >= 0.6 is 24.0 Å². The highest BCUT2D eigenvalue weighted by Gasteiger charge is 2.21. The van der Waals surface area contributed by atoms with Gasteiger partial charge in [-0.3, -0.25) is 9.89 Å². The van der Waals surface area contributed by atoms with Crippen LogP contribution < -0.4 is 15.4 Å². The Morgan fingerprint density at radius 3 is 2.79 bits per heavy atom. The van der Waals surface area contributed by atoms with E-state index < -0.39 is 0 Å². The van der Waals surface area contributed by atoms with Gasteiger partial charge >= 0.3 is 0 Å². The maximum Gasteiger partial charge on any atom is 0.191 e. The molecule has 0 aromatic heterocycles. The van der Waals surface area contributed by atoms with Crippen LogP contribution in [0.4, 0.5) is 0 Å². The number of halogens is 1. The first kappa shape index (κ1) is 25.8. The molecule has 0 aliphatic carbocycles. The maximum atomic E-state index is 6.23. The van der Waals surface area contributed by atoms with Crippen molar-refractivity contribution >= 4 is 29.9 Å². The molecule has 2 aliphatic heterocycles. The zero-order valence-electron chi connectivity index (χ0n) is 20.0. The quantitative estimate of drug-likeness (QED) is 0.304. The summed E-state index contributed by atoms with van der Waals surface area (Å²) in [6.45, 7) is 9.44. The van der Waals surface area contributed by atoms with Gasteiger partial charge in [-0.2, -0.15) is 0 Å². The second kappa shape index (κ2) is 12.6. The number of hydrogen-bond donors (Lipinski definition) is 2. The van der Waals surface area contributed by atoms with Crippen molar-refractivity contribution in [2.75, 3.05) is 33.4 Å². The molecule has 2 N–H and O–H groups in total. The van der Waals surface area contributed by atoms with Crippen LogP contribution in [0.1, 0.15) is 35.6 Å². The van der Waals surface area contributed by atoms with Gasteiger partial charge in [-0.05, 0) is 43.0 Å². The highest BCUT2D eigenvalue weighted by molar-refractivity contribution is 14.0. The summed E-state index contributed by atoms with van der Waals surface area (Å²) >= 11 is 0. The first-order valence-electron chi connectivity index (χ1n) is 11.7. The molecular weight excluding hydrogens is 527 g/mol. The molecule has 2 heterocycles. The summed E-state index contributed by atoms with van der Waals surface area (Å²) in [4.78, 5) is 6.96. The van der Waals surface area contributed by atoms with Gasteiger partial charge in [0.15, 0.2) is 5.96 Å². The number of ether oxygens (including phenoxy) is 2. The Morgan fingerprint density at radius 2 is 2.03 bits per heavy atom. The predicted molar refractivity (Wildman–Crippen MR) is 145 cm³/mol. The largest absolute Gasteiger partial charge is 0.488 e. The normalized spacial score (nSPS) is 19.4. The molecule has 0 bridgehead atoms. The topological polar surface area (TPSA) is 58.1 Å². The van der Waals surface area contributed by atoms with Gasteiger partial charge < -0.3 is 20.1 Å². The number of rotatable bonds is 7. The summed E-state index contributed by atoms with van der Waals surface area (Å²) < 4.78 is 11.7. The van der Waals surface area contributed by atoms with E-state index in [2.05, 4.69) is 76.8 Å². The predicted octanol–water partition coefficient (Wildman–Crippen LogP) is 3.89. The van der Waals surface area contributed by atoms with E-state index in [1.54, 1.807) is 0 Å². The molecule has 0 spiro atoms. The molecule has 0 radical (unpaired) electrons. The van der Waals surface area contributed by atoms with Gasteiger partial charge in [-0.1, -0.05) is 36.4 Å². The van der Waals surface area contributed by atoms with Gasteiger partial charge in [0.1, 0.15) is 11.9 Å². The third kappa shape index (κ3) is 7.07. The lowest BCUT2D eigenvalue weighted by Crippen LogP contribution is -2.47. The van der Waals surface area contributed by atoms with Crippen molar-refractivity contribution in [3.8, 4) is 5.75 Å². The number of benzene rings is 2. The van der Waals surface area contributed by atoms with E-state index in [4.69, 9.17) is 9.47 Å². The lowest BCUT2D eigenvalue weighted by atomic mass is 9.99. The molecule has 1 fully saturated rings. The minimum absolute atomic E-state index is 0. The Kier molecular flexibility index (Phi) is 9.82. The molecule has 4 rings (SSSR count). The summed E-state index contributed by atoms with van der Waals surface area (Å²) in [6, 6.07) is 15.6. The Balaban J connectivity index is 0.00000306. The molecule has 7 heteroatoms. The highest BCUT2D eigenvalue weighted by atomic mass is 127. The zero-order valence-corrected chi connectivity index (χ0v) is 22.3. The van der Waals surface area contributed by atoms with Crippen molar-refractivity contribution in [3.63, 3.8) is 0 Å². The first-order chi connectivity index (χ1) is 15.6. The van der Waals surface area contributed by atoms with Crippen LogP contribution in [0.15, 0.2) is 47.5 Å². The van der Waals surface area contributed by atoms with Crippen molar-refractivity contribution in [2.45, 2.75) is 51.9 Å². The molecule has 33 heavy (non-hydrogen) atoms. The van der Waals surface area contributed by atoms with Crippen molar-refractivity contribution in [1.82, 2.24) is 15.5 Å². The SMILES string of the molecule is CN=C(NCc1ccc(C)cc1OC1CCOC1)NCC(C)N1CCc2ccccc2C1.I. The number of aliphatic imine (C=N–C) groups is 1. The van der Waals surface area contributed by atoms with Crippen molar-refractivity contribution in [2.24, 2.45) is 4.99 Å². The fraction of sp³-hybridized carbons (Fsp3) is 0.500. The number of fused-ring (bicyclic) bond motifs is 1. The van der Waals surface area contributed by atoms with Crippen molar-refractivity contribution < 1.29 is 9.47 Å². The van der Waals surface area contributed by atoms with Crippen LogP contribution in [0, 0.1) is 6.92 Å². The van der Waals surface area contributed by atoms with Crippen LogP contribution in [-0.2, 0) is 24.2 Å². The first-order valence-corrected chi connectivity index (χ1v) is 11.7. The second-order valence-electron chi connectivity index (χ2n) is 8.86. The van der Waals surface area contributed by atoms with Crippen LogP contribution in [0.3, 0.4) is 0 Å². The smallest absolute Gasteiger partial charge is 0.191 e. The van der Waals surface area contributed by atoms with E-state index in [-0.39, 0.29) is 30.1 Å². The molecule has 2 aliphatic rings. The molecule has 2 aromatic carbocycles. The van der Waals surface area contributed by atoms with E-state index in [0.717, 1.165) is 56.4 Å². The fourth-order valence-corrected chi connectivity index (χ4v) is 4.37. The number of guanidine groups is 1. The van der Waals surface area contributed by atoms with Gasteiger partial charge in [0.05, 0.1) is 13.2 Å². The summed E-state index contributed by atoms with van der Waals surface area (Å²) in [5.41, 5.74) is 5.27. The summed E-state index contributed by atoms with van der Waals surface area (Å²) in [5, 5.41) is 6.95. The Hall–Kier alpha value is -1.84. The average Bonchev–Trinajstić information content (AvgIpc) is 3.33. The van der Waals surface area contributed by atoms with Crippen LogP contribution in [0.5, 0.6) is 5.75 Å². The fourth-order valence-electron chi connectivity index (χ4n) is 4.37. The van der Waals surface area contributed by atoms with Crippen LogP contribution in [0.2, 0.25) is 0 Å². The minimum Gasteiger partial charge on any atom is -0.488 e. The Bertz CT molecular complexity index is 930. The zero-order chi connectivity index (χ0) is 22.3. The second-order valence-corrected chi connectivity index (χ2v) is 8.86. The van der Waals surface area contributed by atoms with Gasteiger partial charge in [-0.25, -0.2) is 0 Å². The van der Waals surface area contributed by atoms with E-state index >= 15 is 0 Å². The van der Waals surface area contributed by atoms with Crippen LogP contribution in [-0.4, -0.2) is 56.4 Å². The van der Waals surface area contributed by atoms with Crippen LogP contribution in [0.25, 0.3) is 0 Å². The Morgan fingerprint density at radius 1 is 1.21 bits per heavy atom. The highest BCUT2D eigenvalue weighted by Crippen LogP contribution is 2.24. The lowest BCUT2D eigenvalue weighted by molar-refractivity contribution is 0.140. The summed E-state index contributed by atoms with van der Waals surface area (Å²) in [5.74, 6) is 1.74. The molecule has 6 nitrogen and oxygen atoms in total. The third-order valence-corrected chi connectivity index (χ3v) is 6.42. The van der Waals surface area contributed by atoms with Gasteiger partial charge in [0.2, 0.25) is 0 Å². The van der Waals surface area contributed by atoms with E-state index in [1.807, 2.05) is 7.05 Å². The summed E-state index contributed by atoms with van der Waals surface area (Å²) in [7, 11) is 1.82. The molecule has 0 saturated carbocycles. The minimum atomic E-state index is 0.